The highest BCUT2D eigenvalue weighted by Crippen LogP contribution is 2.34. The number of pyridine rings is 1. The van der Waals surface area contributed by atoms with E-state index in [2.05, 4.69) is 20.9 Å². The van der Waals surface area contributed by atoms with Crippen molar-refractivity contribution in [2.45, 2.75) is 12.8 Å². The smallest absolute Gasteiger partial charge is 0.323 e. The van der Waals surface area contributed by atoms with Crippen LogP contribution in [0.1, 0.15) is 28.8 Å². The number of benzene rings is 2. The first-order valence-electron chi connectivity index (χ1n) is 10.3. The molecule has 5 N–H and O–H groups in total. The summed E-state index contributed by atoms with van der Waals surface area (Å²) < 4.78 is 10.4. The molecule has 4 amide bonds. The fourth-order valence-electron chi connectivity index (χ4n) is 3.16. The molecule has 0 radical (unpaired) electrons. The normalized spacial score (nSPS) is 11.1. The van der Waals surface area contributed by atoms with Crippen molar-refractivity contribution in [3.63, 3.8) is 0 Å². The lowest BCUT2D eigenvalue weighted by molar-refractivity contribution is -0.117. The zero-order chi connectivity index (χ0) is 24.7. The summed E-state index contributed by atoms with van der Waals surface area (Å²) >= 11 is 0. The van der Waals surface area contributed by atoms with E-state index in [9.17, 15) is 14.4 Å². The van der Waals surface area contributed by atoms with E-state index < -0.39 is 17.9 Å². The quantitative estimate of drug-likeness (QED) is 0.402. The molecule has 3 aromatic rings. The number of ether oxygens (including phenoxy) is 2. The number of methoxy groups -OCH3 is 2. The van der Waals surface area contributed by atoms with Gasteiger partial charge in [-0.15, -0.1) is 0 Å². The number of carbonyl (C=O) groups is 3. The second kappa shape index (κ2) is 10.8. The molecule has 0 aliphatic rings. The molecule has 10 heteroatoms. The fourth-order valence-corrected chi connectivity index (χ4v) is 3.16. The van der Waals surface area contributed by atoms with Crippen molar-refractivity contribution in [1.82, 2.24) is 4.98 Å². The standard InChI is InChI=1S/C24H25N5O5/c1-14(23(31)29-19-12-21(34-3)20(33-2)11-18(19)22(25)30)15-6-8-16(9-7-15)27-24(32)28-17-5-4-10-26-13-17/h4-14H,1-3H3,(H2,25,30)(H,29,31)(H2,27,28,32). The minimum atomic E-state index is -0.719. The number of primary amides is 1. The number of aromatic nitrogens is 1. The van der Waals surface area contributed by atoms with E-state index in [1.165, 1.54) is 32.5 Å². The monoisotopic (exact) mass is 463 g/mol. The lowest BCUT2D eigenvalue weighted by atomic mass is 9.99. The molecule has 1 unspecified atom stereocenters. The van der Waals surface area contributed by atoms with Gasteiger partial charge in [-0.2, -0.15) is 0 Å². The number of nitrogens with zero attached hydrogens (tertiary/aromatic N) is 1. The molecule has 0 saturated carbocycles. The highest BCUT2D eigenvalue weighted by atomic mass is 16.5. The Morgan fingerprint density at radius 3 is 2.15 bits per heavy atom. The van der Waals surface area contributed by atoms with E-state index in [1.54, 1.807) is 49.5 Å². The van der Waals surface area contributed by atoms with E-state index in [0.717, 1.165) is 0 Å². The number of hydrogen-bond acceptors (Lipinski definition) is 6. The molecular formula is C24H25N5O5. The van der Waals surface area contributed by atoms with Crippen molar-refractivity contribution < 1.29 is 23.9 Å². The summed E-state index contributed by atoms with van der Waals surface area (Å²) in [6.45, 7) is 1.72. The third-order valence-corrected chi connectivity index (χ3v) is 5.03. The van der Waals surface area contributed by atoms with Gasteiger partial charge in [0.05, 0.1) is 43.3 Å². The largest absolute Gasteiger partial charge is 0.493 e. The number of hydrogen-bond donors (Lipinski definition) is 4. The van der Waals surface area contributed by atoms with E-state index in [1.807, 2.05) is 0 Å². The highest BCUT2D eigenvalue weighted by Gasteiger charge is 2.20. The zero-order valence-electron chi connectivity index (χ0n) is 18.9. The van der Waals surface area contributed by atoms with Crippen LogP contribution < -0.4 is 31.2 Å². The third-order valence-electron chi connectivity index (χ3n) is 5.03. The molecule has 3 rings (SSSR count). The average molecular weight is 463 g/mol. The van der Waals surface area contributed by atoms with Crippen LogP contribution in [-0.2, 0) is 4.79 Å². The molecule has 10 nitrogen and oxygen atoms in total. The summed E-state index contributed by atoms with van der Waals surface area (Å²) in [6.07, 6.45) is 3.14. The Hall–Kier alpha value is -4.60. The van der Waals surface area contributed by atoms with Gasteiger partial charge in [0, 0.05) is 18.0 Å². The van der Waals surface area contributed by atoms with E-state index in [-0.39, 0.29) is 17.2 Å². The van der Waals surface area contributed by atoms with E-state index in [4.69, 9.17) is 15.2 Å². The van der Waals surface area contributed by atoms with Gasteiger partial charge < -0.3 is 31.2 Å². The fraction of sp³-hybridized carbons (Fsp3) is 0.167. The highest BCUT2D eigenvalue weighted by molar-refractivity contribution is 6.05. The number of carbonyl (C=O) groups excluding carboxylic acids is 3. The second-order valence-corrected chi connectivity index (χ2v) is 7.27. The average Bonchev–Trinajstić information content (AvgIpc) is 2.84. The maximum absolute atomic E-state index is 12.9. The molecule has 1 atom stereocenters. The first-order valence-corrected chi connectivity index (χ1v) is 10.3. The Morgan fingerprint density at radius 2 is 1.56 bits per heavy atom. The summed E-state index contributed by atoms with van der Waals surface area (Å²) in [7, 11) is 2.88. The molecule has 0 spiro atoms. The maximum Gasteiger partial charge on any atom is 0.323 e. The summed E-state index contributed by atoms with van der Waals surface area (Å²) in [5.74, 6) is -0.978. The molecule has 1 heterocycles. The first kappa shape index (κ1) is 24.1. The molecule has 34 heavy (non-hydrogen) atoms. The predicted octanol–water partition coefficient (Wildman–Crippen LogP) is 3.58. The van der Waals surface area contributed by atoms with Crippen molar-refractivity contribution in [1.29, 1.82) is 0 Å². The molecule has 0 saturated heterocycles. The van der Waals surface area contributed by atoms with Gasteiger partial charge in [0.15, 0.2) is 11.5 Å². The maximum atomic E-state index is 12.9. The van der Waals surface area contributed by atoms with Gasteiger partial charge in [-0.1, -0.05) is 12.1 Å². The summed E-state index contributed by atoms with van der Waals surface area (Å²) in [4.78, 5) is 40.8. The van der Waals surface area contributed by atoms with E-state index in [0.29, 0.717) is 28.4 Å². The number of anilines is 3. The van der Waals surface area contributed by atoms with Gasteiger partial charge in [-0.25, -0.2) is 4.79 Å². The zero-order valence-corrected chi connectivity index (χ0v) is 18.9. The predicted molar refractivity (Wildman–Crippen MR) is 128 cm³/mol. The van der Waals surface area contributed by atoms with Crippen LogP contribution >= 0.6 is 0 Å². The van der Waals surface area contributed by atoms with Crippen LogP contribution in [0.3, 0.4) is 0 Å². The van der Waals surface area contributed by atoms with Gasteiger partial charge in [-0.05, 0) is 42.8 Å². The number of nitrogens with two attached hydrogens (primary N) is 1. The summed E-state index contributed by atoms with van der Waals surface area (Å²) in [5, 5.41) is 8.11. The van der Waals surface area contributed by atoms with Crippen LogP contribution in [0.2, 0.25) is 0 Å². The van der Waals surface area contributed by atoms with Gasteiger partial charge in [-0.3, -0.25) is 14.6 Å². The van der Waals surface area contributed by atoms with Gasteiger partial charge in [0.25, 0.3) is 5.91 Å². The Morgan fingerprint density at radius 1 is 0.912 bits per heavy atom. The van der Waals surface area contributed by atoms with Crippen molar-refractivity contribution in [2.75, 3.05) is 30.2 Å². The van der Waals surface area contributed by atoms with Gasteiger partial charge in [0.2, 0.25) is 5.91 Å². The minimum Gasteiger partial charge on any atom is -0.493 e. The van der Waals surface area contributed by atoms with Gasteiger partial charge >= 0.3 is 6.03 Å². The molecule has 2 aromatic carbocycles. The number of urea groups is 1. The third kappa shape index (κ3) is 5.80. The number of amides is 4. The minimum absolute atomic E-state index is 0.0948. The summed E-state index contributed by atoms with van der Waals surface area (Å²) in [5.41, 5.74) is 7.60. The first-order chi connectivity index (χ1) is 16.3. The van der Waals surface area contributed by atoms with Crippen LogP contribution in [0, 0.1) is 0 Å². The Labute approximate surface area is 196 Å². The number of nitrogens with one attached hydrogen (secondary N) is 3. The lowest BCUT2D eigenvalue weighted by Gasteiger charge is -2.17. The van der Waals surface area contributed by atoms with Crippen LogP contribution in [0.15, 0.2) is 60.9 Å². The molecule has 0 bridgehead atoms. The van der Waals surface area contributed by atoms with Crippen molar-refractivity contribution in [2.24, 2.45) is 5.73 Å². The van der Waals surface area contributed by atoms with Crippen LogP contribution in [0.25, 0.3) is 0 Å². The van der Waals surface area contributed by atoms with E-state index >= 15 is 0 Å². The van der Waals surface area contributed by atoms with Crippen molar-refractivity contribution >= 4 is 34.9 Å². The Kier molecular flexibility index (Phi) is 7.65. The Balaban J connectivity index is 1.69. The Bertz CT molecular complexity index is 1180. The molecule has 0 aliphatic carbocycles. The van der Waals surface area contributed by atoms with Gasteiger partial charge in [0.1, 0.15) is 0 Å². The molecular weight excluding hydrogens is 438 g/mol. The van der Waals surface area contributed by atoms with Crippen LogP contribution in [0.5, 0.6) is 11.5 Å². The second-order valence-electron chi connectivity index (χ2n) is 7.27. The lowest BCUT2D eigenvalue weighted by Crippen LogP contribution is -2.22. The summed E-state index contributed by atoms with van der Waals surface area (Å²) in [6, 6.07) is 12.7. The topological polar surface area (TPSA) is 145 Å². The molecule has 0 aliphatic heterocycles. The molecule has 176 valence electrons. The molecule has 1 aromatic heterocycles. The molecule has 0 fully saturated rings. The van der Waals surface area contributed by atoms with Crippen LogP contribution in [-0.4, -0.2) is 37.0 Å². The number of rotatable bonds is 8. The van der Waals surface area contributed by atoms with Crippen molar-refractivity contribution in [3.8, 4) is 11.5 Å². The van der Waals surface area contributed by atoms with Crippen LogP contribution in [0.4, 0.5) is 21.9 Å². The SMILES string of the molecule is COc1cc(NC(=O)C(C)c2ccc(NC(=O)Nc3cccnc3)cc2)c(C(N)=O)cc1OC. The van der Waals surface area contributed by atoms with Crippen molar-refractivity contribution in [3.05, 3.63) is 72.1 Å².